The first-order valence-corrected chi connectivity index (χ1v) is 7.17. The van der Waals surface area contributed by atoms with Gasteiger partial charge in [0.05, 0.1) is 21.7 Å². The Morgan fingerprint density at radius 1 is 1.08 bits per heavy atom. The molecule has 3 rings (SSSR count). The van der Waals surface area contributed by atoms with Crippen molar-refractivity contribution in [2.75, 3.05) is 11.9 Å². The van der Waals surface area contributed by atoms with Crippen molar-refractivity contribution in [1.29, 1.82) is 0 Å². The summed E-state index contributed by atoms with van der Waals surface area (Å²) in [6.45, 7) is -0.754. The Labute approximate surface area is 144 Å². The third-order valence-corrected chi connectivity index (χ3v) is 3.67. The number of carbonyl (C=O) groups is 3. The van der Waals surface area contributed by atoms with Gasteiger partial charge in [0.1, 0.15) is 18.2 Å². The number of nitro groups is 1. The zero-order chi connectivity index (χ0) is 19.0. The van der Waals surface area contributed by atoms with Gasteiger partial charge in [-0.2, -0.15) is 0 Å². The van der Waals surface area contributed by atoms with E-state index in [4.69, 9.17) is 0 Å². The van der Waals surface area contributed by atoms with Gasteiger partial charge in [0.25, 0.3) is 17.5 Å². The number of nitro benzene ring substituents is 1. The smallest absolute Gasteiger partial charge is 0.270 e. The average Bonchev–Trinajstić information content (AvgIpc) is 2.82. The van der Waals surface area contributed by atoms with Gasteiger partial charge in [0, 0.05) is 18.2 Å². The van der Waals surface area contributed by atoms with Gasteiger partial charge in [0.15, 0.2) is 0 Å². The summed E-state index contributed by atoms with van der Waals surface area (Å²) < 4.78 is 26.7. The molecule has 132 valence electrons. The number of imide groups is 1. The van der Waals surface area contributed by atoms with Crippen LogP contribution in [-0.4, -0.2) is 34.1 Å². The zero-order valence-corrected chi connectivity index (χ0v) is 12.9. The Morgan fingerprint density at radius 2 is 1.77 bits per heavy atom. The second kappa shape index (κ2) is 6.31. The van der Waals surface area contributed by atoms with Crippen molar-refractivity contribution in [3.63, 3.8) is 0 Å². The van der Waals surface area contributed by atoms with Crippen LogP contribution < -0.4 is 5.32 Å². The number of nitrogens with one attached hydrogen (secondary N) is 1. The fourth-order valence-electron chi connectivity index (χ4n) is 2.46. The number of hydrogen-bond acceptors (Lipinski definition) is 5. The SMILES string of the molecule is O=C(CN1C(=O)c2ccc([N+](=O)[O-])cc2C1=O)Nc1cc(F)ccc1F. The molecule has 1 aliphatic rings. The van der Waals surface area contributed by atoms with Gasteiger partial charge in [0.2, 0.25) is 5.91 Å². The molecule has 8 nitrogen and oxygen atoms in total. The van der Waals surface area contributed by atoms with Gasteiger partial charge in [-0.25, -0.2) is 8.78 Å². The molecule has 1 heterocycles. The molecule has 0 fully saturated rings. The van der Waals surface area contributed by atoms with Crippen LogP contribution in [0.4, 0.5) is 20.2 Å². The molecule has 10 heteroatoms. The predicted octanol–water partition coefficient (Wildman–Crippen LogP) is 2.11. The summed E-state index contributed by atoms with van der Waals surface area (Å²) in [5.74, 6) is -4.30. The summed E-state index contributed by atoms with van der Waals surface area (Å²) in [5.41, 5.74) is -1.10. The maximum absolute atomic E-state index is 13.5. The number of amides is 3. The number of anilines is 1. The molecule has 0 aliphatic carbocycles. The number of halogens is 2. The lowest BCUT2D eigenvalue weighted by Gasteiger charge is -2.13. The van der Waals surface area contributed by atoms with Crippen molar-refractivity contribution in [1.82, 2.24) is 4.90 Å². The van der Waals surface area contributed by atoms with Crippen molar-refractivity contribution in [3.8, 4) is 0 Å². The van der Waals surface area contributed by atoms with E-state index in [1.54, 1.807) is 0 Å². The quantitative estimate of drug-likeness (QED) is 0.509. The van der Waals surface area contributed by atoms with E-state index >= 15 is 0 Å². The molecule has 0 radical (unpaired) electrons. The fourth-order valence-corrected chi connectivity index (χ4v) is 2.46. The number of carbonyl (C=O) groups excluding carboxylic acids is 3. The Hall–Kier alpha value is -3.69. The van der Waals surface area contributed by atoms with Gasteiger partial charge >= 0.3 is 0 Å². The van der Waals surface area contributed by atoms with Gasteiger partial charge in [-0.05, 0) is 18.2 Å². The highest BCUT2D eigenvalue weighted by molar-refractivity contribution is 6.23. The van der Waals surface area contributed by atoms with E-state index < -0.39 is 46.5 Å². The maximum atomic E-state index is 13.5. The monoisotopic (exact) mass is 361 g/mol. The Bertz CT molecular complexity index is 976. The average molecular weight is 361 g/mol. The largest absolute Gasteiger partial charge is 0.322 e. The minimum absolute atomic E-state index is 0.0784. The van der Waals surface area contributed by atoms with Crippen LogP contribution in [0.3, 0.4) is 0 Å². The number of non-ortho nitro benzene ring substituents is 1. The van der Waals surface area contributed by atoms with E-state index in [-0.39, 0.29) is 16.8 Å². The standard InChI is InChI=1S/C16H9F2N3O5/c17-8-1-4-12(18)13(5-8)19-14(22)7-20-15(23)10-3-2-9(21(25)26)6-11(10)16(20)24/h1-6H,7H2,(H,19,22). The van der Waals surface area contributed by atoms with E-state index in [0.717, 1.165) is 36.4 Å². The molecule has 1 aliphatic heterocycles. The lowest BCUT2D eigenvalue weighted by Crippen LogP contribution is -2.37. The van der Waals surface area contributed by atoms with Gasteiger partial charge in [-0.1, -0.05) is 0 Å². The topological polar surface area (TPSA) is 110 Å². The van der Waals surface area contributed by atoms with Crippen LogP contribution in [0.5, 0.6) is 0 Å². The summed E-state index contributed by atoms with van der Waals surface area (Å²) in [4.78, 5) is 47.1. The first-order valence-electron chi connectivity index (χ1n) is 7.17. The summed E-state index contributed by atoms with van der Waals surface area (Å²) in [6.07, 6.45) is 0. The van der Waals surface area contributed by atoms with Gasteiger partial charge in [-0.3, -0.25) is 29.4 Å². The maximum Gasteiger partial charge on any atom is 0.270 e. The van der Waals surface area contributed by atoms with Crippen molar-refractivity contribution < 1.29 is 28.1 Å². The first-order chi connectivity index (χ1) is 12.3. The molecule has 2 aromatic rings. The molecule has 0 spiro atoms. The fraction of sp³-hybridized carbons (Fsp3) is 0.0625. The molecule has 0 bridgehead atoms. The summed E-state index contributed by atoms with van der Waals surface area (Å²) in [5, 5.41) is 12.8. The second-order valence-electron chi connectivity index (χ2n) is 5.36. The number of fused-ring (bicyclic) bond motifs is 1. The van der Waals surface area contributed by atoms with Crippen molar-refractivity contribution in [2.45, 2.75) is 0 Å². The summed E-state index contributed by atoms with van der Waals surface area (Å²) in [6, 6.07) is 5.56. The molecule has 0 unspecified atom stereocenters. The molecule has 0 saturated carbocycles. The second-order valence-corrected chi connectivity index (χ2v) is 5.36. The van der Waals surface area contributed by atoms with Crippen LogP contribution in [0.15, 0.2) is 36.4 Å². The van der Waals surface area contributed by atoms with E-state index in [2.05, 4.69) is 5.32 Å². The van der Waals surface area contributed by atoms with Crippen molar-refractivity contribution >= 4 is 29.1 Å². The highest BCUT2D eigenvalue weighted by Crippen LogP contribution is 2.26. The van der Waals surface area contributed by atoms with E-state index in [9.17, 15) is 33.3 Å². The molecule has 0 saturated heterocycles. The van der Waals surface area contributed by atoms with Crippen molar-refractivity contribution in [2.24, 2.45) is 0 Å². The Morgan fingerprint density at radius 3 is 2.46 bits per heavy atom. The lowest BCUT2D eigenvalue weighted by atomic mass is 10.1. The third-order valence-electron chi connectivity index (χ3n) is 3.67. The summed E-state index contributed by atoms with van der Waals surface area (Å²) >= 11 is 0. The van der Waals surface area contributed by atoms with Crippen LogP contribution in [-0.2, 0) is 4.79 Å². The van der Waals surface area contributed by atoms with Crippen molar-refractivity contribution in [3.05, 3.63) is 69.3 Å². The Kier molecular flexibility index (Phi) is 4.16. The highest BCUT2D eigenvalue weighted by Gasteiger charge is 2.37. The molecular weight excluding hydrogens is 352 g/mol. The zero-order valence-electron chi connectivity index (χ0n) is 12.9. The molecule has 0 atom stereocenters. The molecule has 3 amide bonds. The molecule has 1 N–H and O–H groups in total. The third kappa shape index (κ3) is 2.99. The molecule has 2 aromatic carbocycles. The molecule has 0 aromatic heterocycles. The van der Waals surface area contributed by atoms with Crippen LogP contribution in [0.2, 0.25) is 0 Å². The normalized spacial score (nSPS) is 12.9. The molecule has 26 heavy (non-hydrogen) atoms. The number of benzene rings is 2. The predicted molar refractivity (Wildman–Crippen MR) is 83.5 cm³/mol. The number of hydrogen-bond donors (Lipinski definition) is 1. The number of rotatable bonds is 4. The van der Waals surface area contributed by atoms with E-state index in [1.165, 1.54) is 0 Å². The van der Waals surface area contributed by atoms with E-state index in [1.807, 2.05) is 0 Å². The summed E-state index contributed by atoms with van der Waals surface area (Å²) in [7, 11) is 0. The minimum Gasteiger partial charge on any atom is -0.322 e. The van der Waals surface area contributed by atoms with Gasteiger partial charge in [-0.15, -0.1) is 0 Å². The van der Waals surface area contributed by atoms with Crippen LogP contribution in [0, 0.1) is 21.7 Å². The number of nitrogens with zero attached hydrogens (tertiary/aromatic N) is 2. The van der Waals surface area contributed by atoms with Crippen LogP contribution >= 0.6 is 0 Å². The van der Waals surface area contributed by atoms with E-state index in [0.29, 0.717) is 4.90 Å². The highest BCUT2D eigenvalue weighted by atomic mass is 19.1. The lowest BCUT2D eigenvalue weighted by molar-refractivity contribution is -0.384. The van der Waals surface area contributed by atoms with Crippen LogP contribution in [0.25, 0.3) is 0 Å². The first kappa shape index (κ1) is 17.1. The van der Waals surface area contributed by atoms with Crippen LogP contribution in [0.1, 0.15) is 20.7 Å². The Balaban J connectivity index is 1.79. The van der Waals surface area contributed by atoms with Gasteiger partial charge < -0.3 is 5.32 Å². The minimum atomic E-state index is -0.932. The molecular formula is C16H9F2N3O5.